The number of benzene rings is 2. The van der Waals surface area contributed by atoms with E-state index in [4.69, 9.17) is 22.1 Å². The highest BCUT2D eigenvalue weighted by molar-refractivity contribution is 8.26. The summed E-state index contributed by atoms with van der Waals surface area (Å²) in [7, 11) is -3.97. The Morgan fingerprint density at radius 3 is 2.45 bits per heavy atom. The zero-order chi connectivity index (χ0) is 22.6. The van der Waals surface area contributed by atoms with Gasteiger partial charge < -0.3 is 9.84 Å². The number of rotatable bonds is 8. The zero-order valence-corrected chi connectivity index (χ0v) is 18.7. The smallest absolute Gasteiger partial charge is 0.344 e. The first-order valence-corrected chi connectivity index (χ1v) is 11.8. The molecule has 1 saturated heterocycles. The molecule has 1 aliphatic rings. The van der Waals surface area contributed by atoms with E-state index in [-0.39, 0.29) is 14.1 Å². The van der Waals surface area contributed by atoms with E-state index in [1.54, 1.807) is 55.5 Å². The van der Waals surface area contributed by atoms with Crippen LogP contribution >= 0.6 is 24.0 Å². The second kappa shape index (κ2) is 9.60. The van der Waals surface area contributed by atoms with Gasteiger partial charge in [-0.2, -0.15) is 0 Å². The van der Waals surface area contributed by atoms with Gasteiger partial charge in [-0.1, -0.05) is 61.2 Å². The van der Waals surface area contributed by atoms with Gasteiger partial charge in [0, 0.05) is 0 Å². The van der Waals surface area contributed by atoms with Crippen molar-refractivity contribution in [2.75, 3.05) is 0 Å². The minimum Gasteiger partial charge on any atom is -0.479 e. The number of nitrogens with one attached hydrogen (secondary N) is 1. The normalized spacial score (nSPS) is 16.5. The van der Waals surface area contributed by atoms with E-state index < -0.39 is 28.0 Å². The Kier molecular flexibility index (Phi) is 7.11. The molecule has 11 heteroatoms. The highest BCUT2D eigenvalue weighted by Crippen LogP contribution is 2.32. The molecule has 0 bridgehead atoms. The molecule has 0 spiro atoms. The van der Waals surface area contributed by atoms with Gasteiger partial charge in [0.2, 0.25) is 0 Å². The maximum absolute atomic E-state index is 12.7. The van der Waals surface area contributed by atoms with Crippen molar-refractivity contribution in [3.8, 4) is 5.75 Å². The van der Waals surface area contributed by atoms with Gasteiger partial charge in [-0.15, -0.1) is 4.83 Å². The van der Waals surface area contributed by atoms with Crippen molar-refractivity contribution in [1.29, 1.82) is 0 Å². The van der Waals surface area contributed by atoms with Crippen molar-refractivity contribution in [1.82, 2.24) is 9.84 Å². The predicted octanol–water partition coefficient (Wildman–Crippen LogP) is 3.02. The number of amides is 1. The third-order valence-electron chi connectivity index (χ3n) is 4.16. The molecule has 1 aliphatic heterocycles. The number of hydrogen-bond donors (Lipinski definition) is 2. The lowest BCUT2D eigenvalue weighted by molar-refractivity contribution is -0.145. The van der Waals surface area contributed by atoms with Crippen LogP contribution in [0, 0.1) is 0 Å². The third kappa shape index (κ3) is 5.50. The summed E-state index contributed by atoms with van der Waals surface area (Å²) in [5, 5.41) is 9.89. The van der Waals surface area contributed by atoms with E-state index in [1.807, 2.05) is 0 Å². The standard InChI is InChI=1S/C20H18N2O6S3/c1-2-16(19(24)25)28-14-10-8-13(9-11-14)12-17-18(23)22(20(29)30-17)21-31(26,27)15-6-4-3-5-7-15/h3-12,16,21H,2H2,1H3,(H,24,25)/b17-12+. The summed E-state index contributed by atoms with van der Waals surface area (Å²) in [6.07, 6.45) is 0.937. The average Bonchev–Trinajstić information content (AvgIpc) is 3.00. The minimum absolute atomic E-state index is 0.00960. The number of carbonyl (C=O) groups is 2. The molecule has 162 valence electrons. The first kappa shape index (κ1) is 22.9. The number of nitrogens with zero attached hydrogens (tertiary/aromatic N) is 1. The van der Waals surface area contributed by atoms with E-state index in [0.717, 1.165) is 16.8 Å². The van der Waals surface area contributed by atoms with Crippen molar-refractivity contribution < 1.29 is 27.9 Å². The molecule has 2 aromatic carbocycles. The number of aliphatic carboxylic acids is 1. The Labute approximate surface area is 188 Å². The highest BCUT2D eigenvalue weighted by Gasteiger charge is 2.35. The van der Waals surface area contributed by atoms with Crippen molar-refractivity contribution >= 4 is 56.3 Å². The van der Waals surface area contributed by atoms with Crippen molar-refractivity contribution in [3.63, 3.8) is 0 Å². The van der Waals surface area contributed by atoms with Crippen molar-refractivity contribution in [2.24, 2.45) is 0 Å². The number of ether oxygens (including phenoxy) is 1. The first-order chi connectivity index (χ1) is 14.7. The molecule has 2 aromatic rings. The Bertz CT molecular complexity index is 1130. The van der Waals surface area contributed by atoms with Gasteiger partial charge in [0.25, 0.3) is 15.9 Å². The molecule has 1 atom stereocenters. The van der Waals surface area contributed by atoms with E-state index >= 15 is 0 Å². The number of hydrazine groups is 1. The van der Waals surface area contributed by atoms with Crippen LogP contribution in [0.15, 0.2) is 64.4 Å². The van der Waals surface area contributed by atoms with Gasteiger partial charge in [0.1, 0.15) is 5.75 Å². The monoisotopic (exact) mass is 478 g/mol. The number of sulfonamides is 1. The molecule has 2 N–H and O–H groups in total. The van der Waals surface area contributed by atoms with Gasteiger partial charge in [-0.05, 0) is 42.3 Å². The molecule has 3 rings (SSSR count). The summed E-state index contributed by atoms with van der Waals surface area (Å²) in [5.74, 6) is -1.26. The Morgan fingerprint density at radius 2 is 1.87 bits per heavy atom. The number of carbonyl (C=O) groups excluding carboxylic acids is 1. The van der Waals surface area contributed by atoms with E-state index in [9.17, 15) is 18.0 Å². The summed E-state index contributed by atoms with van der Waals surface area (Å²) in [6.45, 7) is 1.71. The van der Waals surface area contributed by atoms with Gasteiger partial charge >= 0.3 is 5.97 Å². The number of hydrogen-bond acceptors (Lipinski definition) is 7. The van der Waals surface area contributed by atoms with Crippen LogP contribution < -0.4 is 9.57 Å². The molecule has 1 unspecified atom stereocenters. The zero-order valence-electron chi connectivity index (χ0n) is 16.2. The molecular weight excluding hydrogens is 460 g/mol. The van der Waals surface area contributed by atoms with E-state index in [1.165, 1.54) is 12.1 Å². The van der Waals surface area contributed by atoms with Crippen molar-refractivity contribution in [3.05, 3.63) is 65.1 Å². The number of carboxylic acids is 1. The molecular formula is C20H18N2O6S3. The second-order valence-electron chi connectivity index (χ2n) is 6.35. The number of carboxylic acid groups (broad SMARTS) is 1. The molecule has 1 fully saturated rings. The van der Waals surface area contributed by atoms with Crippen LogP contribution in [0.3, 0.4) is 0 Å². The summed E-state index contributed by atoms with van der Waals surface area (Å²) < 4.78 is 30.4. The molecule has 1 heterocycles. The second-order valence-corrected chi connectivity index (χ2v) is 9.68. The van der Waals surface area contributed by atoms with Crippen LogP contribution in [-0.2, 0) is 19.6 Å². The quantitative estimate of drug-likeness (QED) is 0.440. The lowest BCUT2D eigenvalue weighted by Gasteiger charge is -2.15. The molecule has 31 heavy (non-hydrogen) atoms. The summed E-state index contributed by atoms with van der Waals surface area (Å²) in [4.78, 5) is 26.2. The van der Waals surface area contributed by atoms with Gasteiger partial charge in [0.15, 0.2) is 10.4 Å². The average molecular weight is 479 g/mol. The van der Waals surface area contributed by atoms with Crippen LogP contribution in [0.5, 0.6) is 5.75 Å². The summed E-state index contributed by atoms with van der Waals surface area (Å²) in [6, 6.07) is 14.2. The maximum Gasteiger partial charge on any atom is 0.344 e. The number of thioether (sulfide) groups is 1. The molecule has 0 aliphatic carbocycles. The maximum atomic E-state index is 12.7. The van der Waals surface area contributed by atoms with E-state index in [0.29, 0.717) is 17.7 Å². The minimum atomic E-state index is -3.97. The van der Waals surface area contributed by atoms with Gasteiger partial charge in [0.05, 0.1) is 9.80 Å². The SMILES string of the molecule is CCC(Oc1ccc(/C=C2/SC(=S)N(NS(=O)(=O)c3ccccc3)C2=O)cc1)C(=O)O. The first-order valence-electron chi connectivity index (χ1n) is 9.06. The topological polar surface area (TPSA) is 113 Å². The lowest BCUT2D eigenvalue weighted by Crippen LogP contribution is -2.44. The molecule has 0 aromatic heterocycles. The number of thiocarbonyl (C=S) groups is 1. The van der Waals surface area contributed by atoms with Gasteiger partial charge in [-0.3, -0.25) is 4.79 Å². The fourth-order valence-electron chi connectivity index (χ4n) is 2.59. The van der Waals surface area contributed by atoms with Crippen LogP contribution in [0.2, 0.25) is 0 Å². The Morgan fingerprint density at radius 1 is 1.23 bits per heavy atom. The molecule has 1 amide bonds. The molecule has 0 radical (unpaired) electrons. The summed E-state index contributed by atoms with van der Waals surface area (Å²) in [5.41, 5.74) is 0.641. The predicted molar refractivity (Wildman–Crippen MR) is 121 cm³/mol. The lowest BCUT2D eigenvalue weighted by atomic mass is 10.2. The fraction of sp³-hybridized carbons (Fsp3) is 0.150. The van der Waals surface area contributed by atoms with Crippen LogP contribution in [-0.4, -0.2) is 40.8 Å². The van der Waals surface area contributed by atoms with E-state index in [2.05, 4.69) is 4.83 Å². The van der Waals surface area contributed by atoms with Crippen LogP contribution in [0.1, 0.15) is 18.9 Å². The Balaban J connectivity index is 1.74. The van der Waals surface area contributed by atoms with Gasteiger partial charge in [-0.25, -0.2) is 18.2 Å². The highest BCUT2D eigenvalue weighted by atomic mass is 32.2. The van der Waals surface area contributed by atoms with Crippen LogP contribution in [0.25, 0.3) is 6.08 Å². The summed E-state index contributed by atoms with van der Waals surface area (Å²) >= 11 is 6.13. The fourth-order valence-corrected chi connectivity index (χ4v) is 4.92. The molecule has 8 nitrogen and oxygen atoms in total. The van der Waals surface area contributed by atoms with Crippen molar-refractivity contribution in [2.45, 2.75) is 24.3 Å². The largest absolute Gasteiger partial charge is 0.479 e. The Hall–Kier alpha value is -2.73. The molecule has 0 saturated carbocycles. The third-order valence-corrected chi connectivity index (χ3v) is 6.78. The van der Waals surface area contributed by atoms with Crippen LogP contribution in [0.4, 0.5) is 0 Å².